The minimum atomic E-state index is -0.508. The quantitative estimate of drug-likeness (QED) is 0.767. The van der Waals surface area contributed by atoms with Crippen LogP contribution in [0.25, 0.3) is 22.2 Å². The van der Waals surface area contributed by atoms with Gasteiger partial charge in [0.15, 0.2) is 5.79 Å². The Balaban J connectivity index is 1.61. The van der Waals surface area contributed by atoms with Gasteiger partial charge in [0.05, 0.1) is 24.4 Å². The van der Waals surface area contributed by atoms with Crippen LogP contribution in [0.15, 0.2) is 54.6 Å². The smallest absolute Gasteiger partial charge is 0.223 e. The molecule has 1 fully saturated rings. The van der Waals surface area contributed by atoms with Gasteiger partial charge in [0, 0.05) is 23.9 Å². The van der Waals surface area contributed by atoms with E-state index in [-0.39, 0.29) is 0 Å². The number of nitrogens with one attached hydrogen (secondary N) is 1. The van der Waals surface area contributed by atoms with Crippen molar-refractivity contribution in [2.24, 2.45) is 0 Å². The molecule has 2 aromatic carbocycles. The standard InChI is InChI=1S/C20H21N3O2/c1-20(24-13-14-25-20)11-12-21-19-22-17-10-6-5-9-16(17)18(23-19)15-7-3-2-4-8-15/h2-10H,11-14H2,1H3,(H,21,22,23). The molecule has 3 aromatic rings. The molecule has 0 aliphatic carbocycles. The van der Waals surface area contributed by atoms with Gasteiger partial charge in [-0.1, -0.05) is 48.5 Å². The molecule has 1 N–H and O–H groups in total. The van der Waals surface area contributed by atoms with Crippen LogP contribution >= 0.6 is 0 Å². The summed E-state index contributed by atoms with van der Waals surface area (Å²) in [6.07, 6.45) is 0.740. The summed E-state index contributed by atoms with van der Waals surface area (Å²) in [5, 5.41) is 4.37. The molecule has 5 nitrogen and oxygen atoms in total. The van der Waals surface area contributed by atoms with E-state index < -0.39 is 5.79 Å². The first-order valence-corrected chi connectivity index (χ1v) is 8.58. The predicted molar refractivity (Wildman–Crippen MR) is 98.4 cm³/mol. The molecule has 0 atom stereocenters. The Morgan fingerprint density at radius 3 is 2.48 bits per heavy atom. The number of nitrogens with zero attached hydrogens (tertiary/aromatic N) is 2. The summed E-state index contributed by atoms with van der Waals surface area (Å²) in [6.45, 7) is 3.96. The van der Waals surface area contributed by atoms with Gasteiger partial charge in [0.25, 0.3) is 0 Å². The van der Waals surface area contributed by atoms with Crippen LogP contribution in [0, 0.1) is 0 Å². The van der Waals surface area contributed by atoms with Crippen LogP contribution < -0.4 is 5.32 Å². The number of benzene rings is 2. The van der Waals surface area contributed by atoms with Crippen LogP contribution in [-0.2, 0) is 9.47 Å². The number of rotatable bonds is 5. The average Bonchev–Trinajstić information content (AvgIpc) is 3.08. The molecule has 4 rings (SSSR count). The minimum Gasteiger partial charge on any atom is -0.354 e. The van der Waals surface area contributed by atoms with Crippen molar-refractivity contribution in [1.82, 2.24) is 9.97 Å². The molecule has 1 aliphatic rings. The molecule has 0 spiro atoms. The molecule has 0 saturated carbocycles. The van der Waals surface area contributed by atoms with Crippen LogP contribution in [0.1, 0.15) is 13.3 Å². The molecular formula is C20H21N3O2. The van der Waals surface area contributed by atoms with E-state index >= 15 is 0 Å². The van der Waals surface area contributed by atoms with E-state index in [0.29, 0.717) is 25.7 Å². The number of aromatic nitrogens is 2. The van der Waals surface area contributed by atoms with E-state index in [1.165, 1.54) is 0 Å². The first kappa shape index (κ1) is 16.0. The zero-order valence-corrected chi connectivity index (χ0v) is 14.2. The molecule has 5 heteroatoms. The average molecular weight is 335 g/mol. The van der Waals surface area contributed by atoms with Gasteiger partial charge in [-0.2, -0.15) is 0 Å². The largest absolute Gasteiger partial charge is 0.354 e. The Morgan fingerprint density at radius 2 is 1.68 bits per heavy atom. The number of para-hydroxylation sites is 1. The van der Waals surface area contributed by atoms with E-state index in [4.69, 9.17) is 14.5 Å². The highest BCUT2D eigenvalue weighted by atomic mass is 16.7. The van der Waals surface area contributed by atoms with Crippen LogP contribution in [0.3, 0.4) is 0 Å². The third-order valence-electron chi connectivity index (χ3n) is 4.41. The maximum Gasteiger partial charge on any atom is 0.223 e. The number of hydrogen-bond acceptors (Lipinski definition) is 5. The monoisotopic (exact) mass is 335 g/mol. The van der Waals surface area contributed by atoms with Gasteiger partial charge in [-0.15, -0.1) is 0 Å². The lowest BCUT2D eigenvalue weighted by Gasteiger charge is -2.22. The summed E-state index contributed by atoms with van der Waals surface area (Å²) in [4.78, 5) is 9.40. The SMILES string of the molecule is CC1(CCNc2nc(-c3ccccc3)c3ccccc3n2)OCCO1. The Kier molecular flexibility index (Phi) is 4.34. The van der Waals surface area contributed by atoms with Crippen molar-refractivity contribution in [2.75, 3.05) is 25.1 Å². The Morgan fingerprint density at radius 1 is 0.960 bits per heavy atom. The highest BCUT2D eigenvalue weighted by Crippen LogP contribution is 2.27. The lowest BCUT2D eigenvalue weighted by atomic mass is 10.1. The summed E-state index contributed by atoms with van der Waals surface area (Å²) in [5.74, 6) is 0.116. The zero-order valence-electron chi connectivity index (χ0n) is 14.2. The predicted octanol–water partition coefficient (Wildman–Crippen LogP) is 3.86. The summed E-state index contributed by atoms with van der Waals surface area (Å²) in [5.41, 5.74) is 2.95. The van der Waals surface area contributed by atoms with E-state index in [1.54, 1.807) is 0 Å². The lowest BCUT2D eigenvalue weighted by molar-refractivity contribution is -0.144. The molecular weight excluding hydrogens is 314 g/mol. The molecule has 0 unspecified atom stereocenters. The van der Waals surface area contributed by atoms with E-state index in [0.717, 1.165) is 28.6 Å². The Hall–Kier alpha value is -2.50. The summed E-state index contributed by atoms with van der Waals surface area (Å²) < 4.78 is 11.3. The normalized spacial score (nSPS) is 16.2. The number of fused-ring (bicyclic) bond motifs is 1. The van der Waals surface area contributed by atoms with Gasteiger partial charge < -0.3 is 14.8 Å². The molecule has 128 valence electrons. The Bertz CT molecular complexity index is 861. The lowest BCUT2D eigenvalue weighted by Crippen LogP contribution is -2.28. The Labute approximate surface area is 147 Å². The topological polar surface area (TPSA) is 56.3 Å². The summed E-state index contributed by atoms with van der Waals surface area (Å²) in [6, 6.07) is 18.3. The van der Waals surface area contributed by atoms with Gasteiger partial charge in [0.2, 0.25) is 5.95 Å². The van der Waals surface area contributed by atoms with Crippen molar-refractivity contribution in [2.45, 2.75) is 19.1 Å². The number of ether oxygens (including phenoxy) is 2. The highest BCUT2D eigenvalue weighted by Gasteiger charge is 2.30. The van der Waals surface area contributed by atoms with Crippen LogP contribution in [0.2, 0.25) is 0 Å². The second-order valence-corrected chi connectivity index (χ2v) is 6.29. The number of anilines is 1. The second-order valence-electron chi connectivity index (χ2n) is 6.29. The van der Waals surface area contributed by atoms with E-state index in [9.17, 15) is 0 Å². The molecule has 1 aliphatic heterocycles. The fourth-order valence-electron chi connectivity index (χ4n) is 3.07. The van der Waals surface area contributed by atoms with E-state index in [1.807, 2.05) is 43.3 Å². The maximum atomic E-state index is 5.64. The fourth-order valence-corrected chi connectivity index (χ4v) is 3.07. The van der Waals surface area contributed by atoms with Crippen LogP contribution in [0.4, 0.5) is 5.95 Å². The van der Waals surface area contributed by atoms with E-state index in [2.05, 4.69) is 28.5 Å². The summed E-state index contributed by atoms with van der Waals surface area (Å²) >= 11 is 0. The maximum absolute atomic E-state index is 5.64. The molecule has 25 heavy (non-hydrogen) atoms. The van der Waals surface area contributed by atoms with Crippen molar-refractivity contribution in [3.8, 4) is 11.3 Å². The highest BCUT2D eigenvalue weighted by molar-refractivity contribution is 5.93. The van der Waals surface area contributed by atoms with Crippen LogP contribution in [-0.4, -0.2) is 35.5 Å². The van der Waals surface area contributed by atoms with Crippen molar-refractivity contribution in [3.05, 3.63) is 54.6 Å². The minimum absolute atomic E-state index is 0.508. The van der Waals surface area contributed by atoms with Crippen molar-refractivity contribution in [1.29, 1.82) is 0 Å². The molecule has 2 heterocycles. The number of hydrogen-bond donors (Lipinski definition) is 1. The zero-order chi connectivity index (χ0) is 17.1. The molecule has 1 saturated heterocycles. The van der Waals surface area contributed by atoms with Crippen molar-refractivity contribution < 1.29 is 9.47 Å². The van der Waals surface area contributed by atoms with Gasteiger partial charge in [-0.3, -0.25) is 0 Å². The fraction of sp³-hybridized carbons (Fsp3) is 0.300. The van der Waals surface area contributed by atoms with Gasteiger partial charge >= 0.3 is 0 Å². The van der Waals surface area contributed by atoms with Gasteiger partial charge in [-0.05, 0) is 13.0 Å². The van der Waals surface area contributed by atoms with Crippen molar-refractivity contribution >= 4 is 16.9 Å². The van der Waals surface area contributed by atoms with Gasteiger partial charge in [-0.25, -0.2) is 9.97 Å². The second kappa shape index (κ2) is 6.78. The van der Waals surface area contributed by atoms with Crippen molar-refractivity contribution in [3.63, 3.8) is 0 Å². The molecule has 0 amide bonds. The van der Waals surface area contributed by atoms with Gasteiger partial charge in [0.1, 0.15) is 0 Å². The molecule has 0 bridgehead atoms. The molecule has 1 aromatic heterocycles. The third kappa shape index (κ3) is 3.48. The molecule has 0 radical (unpaired) electrons. The first-order valence-electron chi connectivity index (χ1n) is 8.58. The third-order valence-corrected chi connectivity index (χ3v) is 4.41. The summed E-state index contributed by atoms with van der Waals surface area (Å²) in [7, 11) is 0. The van der Waals surface area contributed by atoms with Crippen LogP contribution in [0.5, 0.6) is 0 Å². The first-order chi connectivity index (χ1) is 12.2.